The van der Waals surface area contributed by atoms with Crippen molar-refractivity contribution in [3.63, 3.8) is 0 Å². The normalized spacial score (nSPS) is 31.3. The molecule has 0 aromatic carbocycles. The van der Waals surface area contributed by atoms with Crippen LogP contribution in [0.1, 0.15) is 19.3 Å². The Labute approximate surface area is 104 Å². The molecule has 2 saturated heterocycles. The van der Waals surface area contributed by atoms with Crippen molar-refractivity contribution in [2.75, 3.05) is 5.75 Å². The fourth-order valence-electron chi connectivity index (χ4n) is 2.10. The lowest BCUT2D eigenvalue weighted by Gasteiger charge is -2.12. The van der Waals surface area contributed by atoms with Crippen molar-refractivity contribution in [2.45, 2.75) is 36.6 Å². The lowest BCUT2D eigenvalue weighted by molar-refractivity contribution is -0.137. The number of carboxylic acids is 1. The maximum atomic E-state index is 11.1. The van der Waals surface area contributed by atoms with Gasteiger partial charge in [-0.3, -0.25) is 4.79 Å². The highest BCUT2D eigenvalue weighted by molar-refractivity contribution is 8.00. The maximum Gasteiger partial charge on any atom is 0.315 e. The number of amides is 2. The van der Waals surface area contributed by atoms with Crippen LogP contribution in [-0.2, 0) is 4.79 Å². The molecule has 3 unspecified atom stereocenters. The van der Waals surface area contributed by atoms with E-state index in [-0.39, 0.29) is 24.5 Å². The van der Waals surface area contributed by atoms with Gasteiger partial charge in [-0.15, -0.1) is 11.8 Å². The van der Waals surface area contributed by atoms with Gasteiger partial charge in [0.05, 0.1) is 12.1 Å². The van der Waals surface area contributed by atoms with Crippen LogP contribution < -0.4 is 10.6 Å². The van der Waals surface area contributed by atoms with E-state index in [9.17, 15) is 9.59 Å². The van der Waals surface area contributed by atoms with Crippen LogP contribution in [0.15, 0.2) is 12.2 Å². The Bertz CT molecular complexity index is 346. The number of aliphatic carboxylic acids is 1. The number of thioether (sulfide) groups is 1. The molecule has 2 rings (SSSR count). The van der Waals surface area contributed by atoms with Gasteiger partial charge in [0.2, 0.25) is 0 Å². The molecule has 0 saturated carbocycles. The molecule has 0 aromatic heterocycles. The topological polar surface area (TPSA) is 78.4 Å². The summed E-state index contributed by atoms with van der Waals surface area (Å²) in [6.45, 7) is 0. The fourth-order valence-corrected chi connectivity index (χ4v) is 3.51. The number of fused-ring (bicyclic) bond motifs is 1. The van der Waals surface area contributed by atoms with Crippen LogP contribution >= 0.6 is 11.8 Å². The third-order valence-electron chi connectivity index (χ3n) is 2.96. The van der Waals surface area contributed by atoms with Gasteiger partial charge in [-0.2, -0.15) is 0 Å². The van der Waals surface area contributed by atoms with Crippen LogP contribution in [0.25, 0.3) is 0 Å². The monoisotopic (exact) mass is 256 g/mol. The Morgan fingerprint density at radius 3 is 3.12 bits per heavy atom. The van der Waals surface area contributed by atoms with E-state index in [0.29, 0.717) is 11.7 Å². The molecule has 2 amide bonds. The van der Waals surface area contributed by atoms with Crippen LogP contribution in [0.2, 0.25) is 0 Å². The van der Waals surface area contributed by atoms with Gasteiger partial charge in [0.1, 0.15) is 0 Å². The molecule has 3 atom stereocenters. The Morgan fingerprint density at radius 1 is 1.53 bits per heavy atom. The van der Waals surface area contributed by atoms with Crippen molar-refractivity contribution < 1.29 is 14.7 Å². The van der Waals surface area contributed by atoms with Crippen molar-refractivity contribution in [3.05, 3.63) is 12.2 Å². The predicted molar refractivity (Wildman–Crippen MR) is 66.1 cm³/mol. The molecule has 6 heteroatoms. The summed E-state index contributed by atoms with van der Waals surface area (Å²) in [4.78, 5) is 21.5. The SMILES string of the molecule is O=C(O)CCCC=CC1SCC2NC(=O)NC21. The largest absolute Gasteiger partial charge is 0.481 e. The van der Waals surface area contributed by atoms with E-state index in [1.165, 1.54) is 0 Å². The summed E-state index contributed by atoms with van der Waals surface area (Å²) in [5.41, 5.74) is 0. The zero-order valence-electron chi connectivity index (χ0n) is 9.39. The van der Waals surface area contributed by atoms with E-state index in [0.717, 1.165) is 12.2 Å². The van der Waals surface area contributed by atoms with Gasteiger partial charge in [0.15, 0.2) is 0 Å². The third kappa shape index (κ3) is 3.15. The van der Waals surface area contributed by atoms with Gasteiger partial charge in [-0.1, -0.05) is 12.2 Å². The number of nitrogens with one attached hydrogen (secondary N) is 2. The van der Waals surface area contributed by atoms with Gasteiger partial charge >= 0.3 is 12.0 Å². The molecular formula is C11H16N2O3S. The number of carbonyl (C=O) groups is 2. The number of carboxylic acid groups (broad SMARTS) is 1. The Balaban J connectivity index is 1.74. The van der Waals surface area contributed by atoms with E-state index in [4.69, 9.17) is 5.11 Å². The average Bonchev–Trinajstić information content (AvgIpc) is 2.77. The summed E-state index contributed by atoms with van der Waals surface area (Å²) in [6.07, 6.45) is 5.77. The predicted octanol–water partition coefficient (Wildman–Crippen LogP) is 0.963. The lowest BCUT2D eigenvalue weighted by Crippen LogP contribution is -2.35. The van der Waals surface area contributed by atoms with Gasteiger partial charge in [0.25, 0.3) is 0 Å². The van der Waals surface area contributed by atoms with Gasteiger partial charge in [0, 0.05) is 17.4 Å². The van der Waals surface area contributed by atoms with Crippen LogP contribution in [0.3, 0.4) is 0 Å². The fraction of sp³-hybridized carbons (Fsp3) is 0.636. The number of allylic oxidation sites excluding steroid dienone is 1. The standard InChI is InChI=1S/C11H16N2O3S/c14-9(15)5-3-1-2-4-8-10-7(6-17-8)12-11(16)13-10/h2,4,7-8,10H,1,3,5-6H2,(H,14,15)(H2,12,13,16). The first kappa shape index (κ1) is 12.3. The van der Waals surface area contributed by atoms with E-state index in [2.05, 4.69) is 16.7 Å². The molecule has 0 bridgehead atoms. The second-order valence-corrected chi connectivity index (χ2v) is 5.47. The zero-order chi connectivity index (χ0) is 12.3. The quantitative estimate of drug-likeness (QED) is 0.389. The molecule has 2 fully saturated rings. The number of urea groups is 1. The minimum atomic E-state index is -0.749. The number of unbranched alkanes of at least 4 members (excludes halogenated alkanes) is 1. The molecule has 94 valence electrons. The van der Waals surface area contributed by atoms with Crippen LogP contribution in [-0.4, -0.2) is 40.2 Å². The maximum absolute atomic E-state index is 11.1. The van der Waals surface area contributed by atoms with Crippen molar-refractivity contribution in [1.29, 1.82) is 0 Å². The highest BCUT2D eigenvalue weighted by Crippen LogP contribution is 2.30. The summed E-state index contributed by atoms with van der Waals surface area (Å²) in [6, 6.07) is 0.342. The Morgan fingerprint density at radius 2 is 2.35 bits per heavy atom. The van der Waals surface area contributed by atoms with Gasteiger partial charge < -0.3 is 15.7 Å². The second kappa shape index (κ2) is 5.44. The summed E-state index contributed by atoms with van der Waals surface area (Å²) in [5, 5.41) is 14.6. The molecule has 17 heavy (non-hydrogen) atoms. The minimum absolute atomic E-state index is 0.0791. The average molecular weight is 256 g/mol. The van der Waals surface area contributed by atoms with Crippen LogP contribution in [0, 0.1) is 0 Å². The molecule has 3 N–H and O–H groups in total. The molecule has 5 nitrogen and oxygen atoms in total. The van der Waals surface area contributed by atoms with Crippen molar-refractivity contribution in [3.8, 4) is 0 Å². The summed E-state index contributed by atoms with van der Waals surface area (Å²) < 4.78 is 0. The molecule has 0 radical (unpaired) electrons. The first-order valence-electron chi connectivity index (χ1n) is 5.74. The number of hydrogen-bond donors (Lipinski definition) is 3. The molecule has 2 aliphatic heterocycles. The third-order valence-corrected chi connectivity index (χ3v) is 4.34. The van der Waals surface area contributed by atoms with E-state index in [1.54, 1.807) is 0 Å². The molecule has 0 spiro atoms. The summed E-state index contributed by atoms with van der Waals surface area (Å²) in [7, 11) is 0. The minimum Gasteiger partial charge on any atom is -0.481 e. The highest BCUT2D eigenvalue weighted by Gasteiger charge is 2.41. The van der Waals surface area contributed by atoms with E-state index < -0.39 is 5.97 Å². The Kier molecular flexibility index (Phi) is 3.93. The smallest absolute Gasteiger partial charge is 0.315 e. The van der Waals surface area contributed by atoms with Crippen LogP contribution in [0.5, 0.6) is 0 Å². The van der Waals surface area contributed by atoms with E-state index in [1.807, 2.05) is 17.8 Å². The molecule has 0 aromatic rings. The summed E-state index contributed by atoms with van der Waals surface area (Å²) in [5.74, 6) is 0.189. The molecule has 2 aliphatic rings. The second-order valence-electron chi connectivity index (χ2n) is 4.26. The zero-order valence-corrected chi connectivity index (χ0v) is 10.2. The lowest BCUT2D eigenvalue weighted by atomic mass is 10.1. The van der Waals surface area contributed by atoms with Crippen molar-refractivity contribution in [1.82, 2.24) is 10.6 Å². The summed E-state index contributed by atoms with van der Waals surface area (Å²) >= 11 is 1.82. The molecule has 2 heterocycles. The van der Waals surface area contributed by atoms with Crippen molar-refractivity contribution >= 4 is 23.8 Å². The highest BCUT2D eigenvalue weighted by atomic mass is 32.2. The van der Waals surface area contributed by atoms with Gasteiger partial charge in [-0.05, 0) is 12.8 Å². The van der Waals surface area contributed by atoms with Gasteiger partial charge in [-0.25, -0.2) is 4.79 Å². The first-order chi connectivity index (χ1) is 8.16. The molecule has 0 aliphatic carbocycles. The molecular weight excluding hydrogens is 240 g/mol. The van der Waals surface area contributed by atoms with E-state index >= 15 is 0 Å². The van der Waals surface area contributed by atoms with Crippen molar-refractivity contribution in [2.24, 2.45) is 0 Å². The number of rotatable bonds is 5. The van der Waals surface area contributed by atoms with Crippen LogP contribution in [0.4, 0.5) is 4.79 Å². The first-order valence-corrected chi connectivity index (χ1v) is 6.79. The Hall–Kier alpha value is -1.17. The number of carbonyl (C=O) groups excluding carboxylic acids is 1. The number of hydrogen-bond acceptors (Lipinski definition) is 3.